The van der Waals surface area contributed by atoms with Crippen molar-refractivity contribution in [2.45, 2.75) is 288 Å². The second-order valence-corrected chi connectivity index (χ2v) is 41.2. The van der Waals surface area contributed by atoms with E-state index >= 15 is 0 Å². The van der Waals surface area contributed by atoms with Crippen molar-refractivity contribution in [2.75, 3.05) is 67.9 Å². The Labute approximate surface area is 694 Å². The molecule has 0 spiro atoms. The first kappa shape index (κ1) is 101. The third-order valence-corrected chi connectivity index (χ3v) is 27.1. The lowest BCUT2D eigenvalue weighted by Crippen LogP contribution is -2.26. The van der Waals surface area contributed by atoms with Gasteiger partial charge in [-0.3, -0.25) is 49.5 Å². The molecule has 0 fully saturated rings. The molecule has 0 radical (unpaired) electrons. The molecule has 5 rings (SSSR count). The number of thioether (sulfide) groups is 4. The molecular weight excluding hydrogens is 1620 g/mol. The summed E-state index contributed by atoms with van der Waals surface area (Å²) in [6, 6.07) is 0. The number of anilines is 1. The molecule has 606 valence electrons. The highest BCUT2D eigenvalue weighted by atomic mass is 32.2. The van der Waals surface area contributed by atoms with E-state index in [0.29, 0.717) is 52.4 Å². The predicted molar refractivity (Wildman–Crippen MR) is 460 cm³/mol. The van der Waals surface area contributed by atoms with Crippen LogP contribution >= 0.6 is 165 Å². The zero-order valence-electron chi connectivity index (χ0n) is 65.3. The lowest BCUT2D eigenvalue weighted by atomic mass is 9.91. The Morgan fingerprint density at radius 2 is 0.613 bits per heavy atom. The van der Waals surface area contributed by atoms with Crippen molar-refractivity contribution >= 4 is 200 Å². The fourth-order valence-electron chi connectivity index (χ4n) is 8.09. The molecule has 0 aliphatic rings. The van der Waals surface area contributed by atoms with E-state index in [-0.39, 0.29) is 52.0 Å². The van der Waals surface area contributed by atoms with Crippen molar-refractivity contribution in [3.05, 3.63) is 19.8 Å². The first-order valence-electron chi connectivity index (χ1n) is 37.3. The minimum absolute atomic E-state index is 0.0163. The fraction of sp³-hybridized carbons (Fsp3) is 0.789. The number of aromatic amines is 5. The number of carbonyl (C=O) groups excluding carboxylic acids is 5. The number of unbranched alkanes of at least 4 members (excludes halogenated alkanes) is 19. The third-order valence-electron chi connectivity index (χ3n) is 17.0. The Bertz CT molecular complexity index is 3330. The summed E-state index contributed by atoms with van der Waals surface area (Å²) in [5, 5.41) is 38.3. The minimum atomic E-state index is -0.395. The molecule has 1 unspecified atom stereocenters. The number of ether oxygens (including phenoxy) is 5. The number of esters is 5. The Hall–Kier alpha value is -2.55. The number of hydrogen-bond acceptors (Lipinski definition) is 30. The second kappa shape index (κ2) is 61.0. The number of nitrogens with zero attached hydrogens (tertiary/aromatic N) is 5. The summed E-state index contributed by atoms with van der Waals surface area (Å²) in [4.78, 5) is 58.4. The number of hydrogen-bond donors (Lipinski definition) is 6. The fourth-order valence-corrected chi connectivity index (χ4v) is 17.1. The molecule has 0 aromatic carbocycles. The van der Waals surface area contributed by atoms with Gasteiger partial charge in [0.15, 0.2) is 37.1 Å². The molecule has 21 nitrogen and oxygen atoms in total. The standard InChI is InChI=1S/C19H35N3O2S2.C19H34N2O2S3.C14H24N2O2S3.C10H16N2O2S3.C9H14N2O2S3/c1-4-19(2,3)16(23)24-15-13-11-9-7-5-6-8-10-12-14-20-17-21-22-18(25)26-17;1-4-19(2,3)16(22)23-14-12-10-8-6-5-7-9-11-13-15-25-18-21-20-17(24)26-18;1-4-14(2,3)11(17)18-9-7-5-6-8-10-20-13-16-15-12(19)21-13;1-4-10(2,3)7(13)14-5-6-16-9-12-11-8(15)17-9;1-3-6(2)7(12)13-4-5-15-9-11-10-8(14)16-9/h4-15H2,1-3H3,(H,20,21)(H,22,25);4-15H2,1-3H3,(H,20,24);4-10H2,1-3H3,(H,15,19);4-6H2,1-3H3,(H,11,15);6H,3-5H2,1-2H3,(H,10,14). The molecule has 0 aliphatic heterocycles. The monoisotopic (exact) mass is 1740 g/mol. The normalized spacial score (nSPS) is 11.7. The van der Waals surface area contributed by atoms with Crippen molar-refractivity contribution < 1.29 is 47.7 Å². The molecule has 5 aromatic heterocycles. The van der Waals surface area contributed by atoms with Gasteiger partial charge >= 0.3 is 29.8 Å². The second-order valence-electron chi connectivity index (χ2n) is 27.5. The summed E-state index contributed by atoms with van der Waals surface area (Å²) in [5.41, 5.74) is -1.44. The molecule has 5 heterocycles. The third kappa shape index (κ3) is 51.2. The summed E-state index contributed by atoms with van der Waals surface area (Å²) >= 11 is 38.9. The van der Waals surface area contributed by atoms with Crippen molar-refractivity contribution in [3.63, 3.8) is 0 Å². The zero-order chi connectivity index (χ0) is 79.1. The Morgan fingerprint density at radius 3 is 0.887 bits per heavy atom. The first-order chi connectivity index (χ1) is 50.4. The number of rotatable bonds is 52. The Morgan fingerprint density at radius 1 is 0.358 bits per heavy atom. The summed E-state index contributed by atoms with van der Waals surface area (Å²) in [7, 11) is 0. The Balaban J connectivity index is 0.000000671. The molecule has 5 aromatic rings. The van der Waals surface area contributed by atoms with Gasteiger partial charge in [-0.15, -0.1) is 5.10 Å². The number of nitrogens with one attached hydrogen (secondary N) is 6. The van der Waals surface area contributed by atoms with Gasteiger partial charge in [0.25, 0.3) is 0 Å². The summed E-state index contributed by atoms with van der Waals surface area (Å²) in [6.07, 6.45) is 30.5. The SMILES string of the molecule is CCC(C)(C)C(=O)OCCCCCCCCCCCNc1n[nH]c(=S)s1.CCC(C)(C)C(=O)OCCCCCCCCCCCSc1n[nH]c(=S)s1.CCC(C)(C)C(=O)OCCCCCCSc1n[nH]c(=S)s1.CCC(C)(C)C(=O)OCCSc1n[nH]c(=S)s1.CCC(C)C(=O)OCCSc1n[nH]c(=S)s1. The molecular formula is C71H123N11O10S14. The van der Waals surface area contributed by atoms with Crippen LogP contribution in [0.15, 0.2) is 17.4 Å². The molecule has 35 heteroatoms. The van der Waals surface area contributed by atoms with Crippen molar-refractivity contribution in [1.82, 2.24) is 51.0 Å². The zero-order valence-corrected chi connectivity index (χ0v) is 76.7. The van der Waals surface area contributed by atoms with Crippen molar-refractivity contribution in [1.29, 1.82) is 0 Å². The van der Waals surface area contributed by atoms with E-state index in [1.54, 1.807) is 34.9 Å². The van der Waals surface area contributed by atoms with Gasteiger partial charge in [-0.25, -0.2) is 0 Å². The summed E-state index contributed by atoms with van der Waals surface area (Å²) in [6.45, 7) is 30.8. The summed E-state index contributed by atoms with van der Waals surface area (Å²) in [5.74, 6) is 3.09. The van der Waals surface area contributed by atoms with Gasteiger partial charge in [0.05, 0.1) is 47.4 Å². The van der Waals surface area contributed by atoms with Gasteiger partial charge in [-0.1, -0.05) is 248 Å². The van der Waals surface area contributed by atoms with E-state index in [4.69, 9.17) is 84.8 Å². The van der Waals surface area contributed by atoms with Crippen molar-refractivity contribution in [3.8, 4) is 0 Å². The van der Waals surface area contributed by atoms with Gasteiger partial charge in [0, 0.05) is 29.6 Å². The summed E-state index contributed by atoms with van der Waals surface area (Å²) < 4.78 is 33.7. The van der Waals surface area contributed by atoms with Crippen LogP contribution in [0, 0.1) is 47.3 Å². The van der Waals surface area contributed by atoms with E-state index in [1.165, 1.54) is 159 Å². The maximum Gasteiger partial charge on any atom is 0.311 e. The minimum Gasteiger partial charge on any atom is -0.465 e. The van der Waals surface area contributed by atoms with Crippen LogP contribution in [-0.4, -0.2) is 143 Å². The van der Waals surface area contributed by atoms with Crippen LogP contribution in [0.4, 0.5) is 5.13 Å². The molecule has 106 heavy (non-hydrogen) atoms. The van der Waals surface area contributed by atoms with Crippen LogP contribution in [0.25, 0.3) is 0 Å². The quantitative estimate of drug-likeness (QED) is 0.00693. The lowest BCUT2D eigenvalue weighted by molar-refractivity contribution is -0.155. The highest BCUT2D eigenvalue weighted by molar-refractivity contribution is 8.02. The van der Waals surface area contributed by atoms with Crippen LogP contribution in [0.1, 0.15) is 270 Å². The Kier molecular flexibility index (Phi) is 58.4. The van der Waals surface area contributed by atoms with E-state index in [0.717, 1.165) is 136 Å². The highest BCUT2D eigenvalue weighted by Crippen LogP contribution is 2.28. The molecule has 0 aliphatic carbocycles. The number of aromatic nitrogens is 10. The number of H-pyrrole nitrogens is 5. The van der Waals surface area contributed by atoms with Crippen molar-refractivity contribution in [2.24, 2.45) is 27.6 Å². The average Bonchev–Trinajstić information content (AvgIpc) is 1.62. The van der Waals surface area contributed by atoms with Crippen LogP contribution < -0.4 is 5.32 Å². The van der Waals surface area contributed by atoms with E-state index in [1.807, 2.05) is 96.9 Å². The molecule has 0 saturated heterocycles. The van der Waals surface area contributed by atoms with Crippen LogP contribution in [0.2, 0.25) is 0 Å². The van der Waals surface area contributed by atoms with Gasteiger partial charge in [-0.2, -0.15) is 20.4 Å². The van der Waals surface area contributed by atoms with Gasteiger partial charge in [0.2, 0.25) is 5.13 Å². The molecule has 0 bridgehead atoms. The largest absolute Gasteiger partial charge is 0.465 e. The molecule has 6 N–H and O–H groups in total. The van der Waals surface area contributed by atoms with Gasteiger partial charge in [0.1, 0.15) is 13.2 Å². The van der Waals surface area contributed by atoms with Crippen LogP contribution in [0.5, 0.6) is 0 Å². The smallest absolute Gasteiger partial charge is 0.311 e. The topological polar surface area (TPSA) is 287 Å². The highest BCUT2D eigenvalue weighted by Gasteiger charge is 2.29. The molecule has 0 amide bonds. The van der Waals surface area contributed by atoms with E-state index in [2.05, 4.69) is 56.3 Å². The van der Waals surface area contributed by atoms with E-state index < -0.39 is 5.41 Å². The maximum atomic E-state index is 11.8. The van der Waals surface area contributed by atoms with Crippen LogP contribution in [0.3, 0.4) is 0 Å². The average molecular weight is 1740 g/mol. The predicted octanol–water partition coefficient (Wildman–Crippen LogP) is 23.9. The number of carbonyl (C=O) groups is 5. The molecule has 1 atom stereocenters. The lowest BCUT2D eigenvalue weighted by Gasteiger charge is -2.20. The molecule has 0 saturated carbocycles. The van der Waals surface area contributed by atoms with Gasteiger partial charge in [-0.05, 0) is 187 Å². The van der Waals surface area contributed by atoms with Crippen LogP contribution in [-0.2, 0) is 47.7 Å². The first-order valence-corrected chi connectivity index (χ1v) is 47.4. The maximum absolute atomic E-state index is 11.8. The van der Waals surface area contributed by atoms with E-state index in [9.17, 15) is 24.0 Å². The van der Waals surface area contributed by atoms with Gasteiger partial charge < -0.3 is 29.0 Å².